The summed E-state index contributed by atoms with van der Waals surface area (Å²) >= 11 is 3.42. The highest BCUT2D eigenvalue weighted by Gasteiger charge is 2.08. The van der Waals surface area contributed by atoms with Crippen molar-refractivity contribution >= 4 is 32.6 Å². The molecular weight excluding hydrogens is 318 g/mol. The number of rotatable bonds is 4. The monoisotopic (exact) mass is 331 g/mol. The standard InChI is InChI=1S/C16H14BrNO2/c1-19-15-4-2-3-11-9-14(20-16(11)15)10-18-13-7-5-12(17)6-8-13/h2-9,18H,10H2,1H3. The Bertz CT molecular complexity index is 719. The van der Waals surface area contributed by atoms with E-state index in [2.05, 4.69) is 21.2 Å². The van der Waals surface area contributed by atoms with E-state index in [1.807, 2.05) is 48.5 Å². The van der Waals surface area contributed by atoms with E-state index in [1.54, 1.807) is 7.11 Å². The van der Waals surface area contributed by atoms with Crippen molar-refractivity contribution in [2.75, 3.05) is 12.4 Å². The van der Waals surface area contributed by atoms with Crippen LogP contribution in [0.1, 0.15) is 5.76 Å². The first kappa shape index (κ1) is 13.1. The molecule has 3 rings (SSSR count). The molecule has 0 aliphatic carbocycles. The molecule has 1 aromatic heterocycles. The molecule has 3 aromatic rings. The number of benzene rings is 2. The van der Waals surface area contributed by atoms with E-state index >= 15 is 0 Å². The van der Waals surface area contributed by atoms with Crippen LogP contribution in [0.2, 0.25) is 0 Å². The van der Waals surface area contributed by atoms with E-state index in [9.17, 15) is 0 Å². The first-order valence-corrected chi connectivity index (χ1v) is 7.10. The molecule has 0 saturated carbocycles. The average Bonchev–Trinajstić information content (AvgIpc) is 2.89. The molecule has 0 unspecified atom stereocenters. The molecule has 0 saturated heterocycles. The topological polar surface area (TPSA) is 34.4 Å². The highest BCUT2D eigenvalue weighted by atomic mass is 79.9. The number of halogens is 1. The summed E-state index contributed by atoms with van der Waals surface area (Å²) in [6.07, 6.45) is 0. The maximum Gasteiger partial charge on any atom is 0.176 e. The molecule has 102 valence electrons. The minimum Gasteiger partial charge on any atom is -0.493 e. The molecule has 0 radical (unpaired) electrons. The lowest BCUT2D eigenvalue weighted by Crippen LogP contribution is -1.97. The van der Waals surface area contributed by atoms with E-state index < -0.39 is 0 Å². The third-order valence-electron chi connectivity index (χ3n) is 3.09. The van der Waals surface area contributed by atoms with Gasteiger partial charge in [0.15, 0.2) is 11.3 Å². The lowest BCUT2D eigenvalue weighted by atomic mass is 10.2. The number of methoxy groups -OCH3 is 1. The van der Waals surface area contributed by atoms with Gasteiger partial charge in [0.2, 0.25) is 0 Å². The fourth-order valence-electron chi connectivity index (χ4n) is 2.09. The Labute approximate surface area is 125 Å². The first-order chi connectivity index (χ1) is 9.76. The molecule has 0 amide bonds. The third-order valence-corrected chi connectivity index (χ3v) is 3.62. The molecule has 4 heteroatoms. The summed E-state index contributed by atoms with van der Waals surface area (Å²) in [7, 11) is 1.65. The largest absolute Gasteiger partial charge is 0.493 e. The molecule has 3 nitrogen and oxygen atoms in total. The van der Waals surface area contributed by atoms with Gasteiger partial charge in [-0.15, -0.1) is 0 Å². The van der Waals surface area contributed by atoms with Gasteiger partial charge in [-0.2, -0.15) is 0 Å². The number of furan rings is 1. The fourth-order valence-corrected chi connectivity index (χ4v) is 2.36. The second kappa shape index (κ2) is 5.59. The van der Waals surface area contributed by atoms with Gasteiger partial charge >= 0.3 is 0 Å². The Morgan fingerprint density at radius 1 is 1.15 bits per heavy atom. The van der Waals surface area contributed by atoms with Gasteiger partial charge in [-0.25, -0.2) is 0 Å². The van der Waals surface area contributed by atoms with Crippen molar-refractivity contribution in [1.29, 1.82) is 0 Å². The van der Waals surface area contributed by atoms with Gasteiger partial charge in [-0.3, -0.25) is 0 Å². The molecule has 0 atom stereocenters. The fraction of sp³-hybridized carbons (Fsp3) is 0.125. The van der Waals surface area contributed by atoms with Gasteiger partial charge < -0.3 is 14.5 Å². The average molecular weight is 332 g/mol. The molecule has 0 fully saturated rings. The second-order valence-corrected chi connectivity index (χ2v) is 5.37. The lowest BCUT2D eigenvalue weighted by molar-refractivity contribution is 0.408. The molecule has 0 aliphatic heterocycles. The molecule has 0 bridgehead atoms. The van der Waals surface area contributed by atoms with Gasteiger partial charge in [-0.05, 0) is 36.4 Å². The van der Waals surface area contributed by atoms with Crippen molar-refractivity contribution in [3.8, 4) is 5.75 Å². The second-order valence-electron chi connectivity index (χ2n) is 4.45. The summed E-state index contributed by atoms with van der Waals surface area (Å²) in [4.78, 5) is 0. The van der Waals surface area contributed by atoms with E-state index in [0.717, 1.165) is 32.6 Å². The van der Waals surface area contributed by atoms with Gasteiger partial charge in [-0.1, -0.05) is 28.1 Å². The highest BCUT2D eigenvalue weighted by Crippen LogP contribution is 2.28. The predicted molar refractivity (Wildman–Crippen MR) is 84.2 cm³/mol. The summed E-state index contributed by atoms with van der Waals surface area (Å²) in [5, 5.41) is 4.38. The SMILES string of the molecule is COc1cccc2cc(CNc3ccc(Br)cc3)oc12. The Hall–Kier alpha value is -1.94. The zero-order valence-electron chi connectivity index (χ0n) is 11.0. The van der Waals surface area contributed by atoms with Crippen LogP contribution >= 0.6 is 15.9 Å². The number of hydrogen-bond donors (Lipinski definition) is 1. The van der Waals surface area contributed by atoms with Crippen LogP contribution in [-0.4, -0.2) is 7.11 Å². The molecule has 1 heterocycles. The predicted octanol–water partition coefficient (Wildman–Crippen LogP) is 4.82. The maximum atomic E-state index is 5.84. The molecule has 1 N–H and O–H groups in total. The number of para-hydroxylation sites is 1. The van der Waals surface area contributed by atoms with Gasteiger partial charge in [0.1, 0.15) is 5.76 Å². The smallest absolute Gasteiger partial charge is 0.176 e. The minimum absolute atomic E-state index is 0.638. The Morgan fingerprint density at radius 2 is 1.95 bits per heavy atom. The van der Waals surface area contributed by atoms with Gasteiger partial charge in [0, 0.05) is 15.5 Å². The third kappa shape index (κ3) is 2.65. The lowest BCUT2D eigenvalue weighted by Gasteiger charge is -2.04. The van der Waals surface area contributed by atoms with Crippen molar-refractivity contribution in [3.63, 3.8) is 0 Å². The summed E-state index contributed by atoms with van der Waals surface area (Å²) in [6.45, 7) is 0.638. The molecule has 2 aromatic carbocycles. The van der Waals surface area contributed by atoms with E-state index in [-0.39, 0.29) is 0 Å². The molecule has 0 aliphatic rings. The van der Waals surface area contributed by atoms with Crippen LogP contribution < -0.4 is 10.1 Å². The summed E-state index contributed by atoms with van der Waals surface area (Å²) in [5.41, 5.74) is 1.85. The van der Waals surface area contributed by atoms with E-state index in [0.29, 0.717) is 6.54 Å². The van der Waals surface area contributed by atoms with Crippen LogP contribution in [0.3, 0.4) is 0 Å². The first-order valence-electron chi connectivity index (χ1n) is 6.31. The van der Waals surface area contributed by atoms with E-state index in [1.165, 1.54) is 0 Å². The molecular formula is C16H14BrNO2. The van der Waals surface area contributed by atoms with Crippen LogP contribution in [0.4, 0.5) is 5.69 Å². The van der Waals surface area contributed by atoms with Crippen molar-refractivity contribution in [2.45, 2.75) is 6.54 Å². The number of ether oxygens (including phenoxy) is 1. The number of anilines is 1. The maximum absolute atomic E-state index is 5.84. The minimum atomic E-state index is 0.638. The molecule has 0 spiro atoms. The number of nitrogens with one attached hydrogen (secondary N) is 1. The van der Waals surface area contributed by atoms with Gasteiger partial charge in [0.25, 0.3) is 0 Å². The quantitative estimate of drug-likeness (QED) is 0.744. The number of hydrogen-bond acceptors (Lipinski definition) is 3. The summed E-state index contributed by atoms with van der Waals surface area (Å²) in [5.74, 6) is 1.64. The van der Waals surface area contributed by atoms with Crippen LogP contribution in [0, 0.1) is 0 Å². The van der Waals surface area contributed by atoms with Crippen molar-refractivity contribution in [2.24, 2.45) is 0 Å². The zero-order valence-corrected chi connectivity index (χ0v) is 12.6. The van der Waals surface area contributed by atoms with E-state index in [4.69, 9.17) is 9.15 Å². The van der Waals surface area contributed by atoms with Crippen molar-refractivity contribution in [1.82, 2.24) is 0 Å². The van der Waals surface area contributed by atoms with Crippen LogP contribution in [-0.2, 0) is 6.54 Å². The Morgan fingerprint density at radius 3 is 2.70 bits per heavy atom. The number of fused-ring (bicyclic) bond motifs is 1. The van der Waals surface area contributed by atoms with Crippen molar-refractivity contribution < 1.29 is 9.15 Å². The molecule has 20 heavy (non-hydrogen) atoms. The van der Waals surface area contributed by atoms with Crippen molar-refractivity contribution in [3.05, 3.63) is 58.8 Å². The van der Waals surface area contributed by atoms with Crippen LogP contribution in [0.25, 0.3) is 11.0 Å². The Kier molecular flexibility index (Phi) is 3.65. The zero-order chi connectivity index (χ0) is 13.9. The van der Waals surface area contributed by atoms with Crippen LogP contribution in [0.5, 0.6) is 5.75 Å². The summed E-state index contributed by atoms with van der Waals surface area (Å²) in [6, 6.07) is 16.0. The van der Waals surface area contributed by atoms with Crippen LogP contribution in [0.15, 0.2) is 57.4 Å². The normalized spacial score (nSPS) is 10.7. The summed E-state index contributed by atoms with van der Waals surface area (Å²) < 4.78 is 12.2. The van der Waals surface area contributed by atoms with Gasteiger partial charge in [0.05, 0.1) is 13.7 Å². The highest BCUT2D eigenvalue weighted by molar-refractivity contribution is 9.10. The Balaban J connectivity index is 1.79.